The fraction of sp³-hybridized carbons (Fsp3) is 0.632. The van der Waals surface area contributed by atoms with Gasteiger partial charge in [0.15, 0.2) is 0 Å². The van der Waals surface area contributed by atoms with Crippen molar-refractivity contribution in [1.82, 2.24) is 0 Å². The first kappa shape index (κ1) is 61.7. The van der Waals surface area contributed by atoms with E-state index in [0.717, 1.165) is 24.3 Å². The van der Waals surface area contributed by atoms with Gasteiger partial charge in [-0.3, -0.25) is 0 Å². The normalized spacial score (nSPS) is 37.3. The monoisotopic (exact) mass is 1030 g/mol. The fourth-order valence-corrected chi connectivity index (χ4v) is 6.91. The van der Waals surface area contributed by atoms with Gasteiger partial charge in [-0.2, -0.15) is 0 Å². The maximum Gasteiger partial charge on any atom is 1.00 e. The number of rotatable bonds is 14. The van der Waals surface area contributed by atoms with E-state index < -0.39 is 207 Å². The number of benzene rings is 2. The zero-order valence-electron chi connectivity index (χ0n) is 36.6. The summed E-state index contributed by atoms with van der Waals surface area (Å²) in [5.74, 6) is -8.33. The molecule has 32 heteroatoms. The first-order valence-electron chi connectivity index (χ1n) is 20.0. The Labute approximate surface area is 437 Å². The van der Waals surface area contributed by atoms with Crippen LogP contribution in [0.2, 0.25) is 0 Å². The Morgan fingerprint density at radius 1 is 0.386 bits per heavy atom. The van der Waals surface area contributed by atoms with Crippen molar-refractivity contribution in [3.63, 3.8) is 0 Å². The quantitative estimate of drug-likeness (QED) is 0.0781. The average molecular weight is 1030 g/mol. The molecule has 0 aliphatic carbocycles. The zero-order chi connectivity index (χ0) is 50.6. The van der Waals surface area contributed by atoms with Gasteiger partial charge >= 0.3 is 71.1 Å². The Morgan fingerprint density at radius 2 is 0.571 bits per heavy atom. The third kappa shape index (κ3) is 13.6. The molecule has 0 saturated carbocycles. The summed E-state index contributed by atoms with van der Waals surface area (Å²) in [6.45, 7) is -3.13. The Bertz CT molecular complexity index is 1750. The van der Waals surface area contributed by atoms with Crippen molar-refractivity contribution >= 4 is 11.9 Å². The van der Waals surface area contributed by atoms with Crippen LogP contribution in [0.1, 0.15) is 20.7 Å². The van der Waals surface area contributed by atoms with Gasteiger partial charge in [0.25, 0.3) is 0 Å². The van der Waals surface area contributed by atoms with Crippen LogP contribution in [0.4, 0.5) is 0 Å². The number of carbonyl (C=O) groups is 2. The number of hydrogen-bond donors (Lipinski definition) is 18. The van der Waals surface area contributed by atoms with Crippen molar-refractivity contribution in [2.75, 3.05) is 26.4 Å². The van der Waals surface area contributed by atoms with Gasteiger partial charge in [-0.15, -0.1) is 0 Å². The molecule has 6 rings (SSSR count). The Hall–Kier alpha value is -2.62. The first-order chi connectivity index (χ1) is 32.0. The molecule has 4 unspecified atom stereocenters. The molecular formula is C38H50Na2O30. The molecule has 0 amide bonds. The maximum atomic E-state index is 12.9. The van der Waals surface area contributed by atoms with Gasteiger partial charge in [0.05, 0.1) is 37.6 Å². The second kappa shape index (κ2) is 26.5. The third-order valence-corrected chi connectivity index (χ3v) is 10.9. The number of aliphatic hydroxyl groups excluding tert-OH is 16. The fourth-order valence-electron chi connectivity index (χ4n) is 6.91. The van der Waals surface area contributed by atoms with Crippen LogP contribution in [0.15, 0.2) is 24.3 Å². The summed E-state index contributed by atoms with van der Waals surface area (Å²) in [6, 6.07) is 3.02. The minimum atomic E-state index is -1.90. The summed E-state index contributed by atoms with van der Waals surface area (Å²) < 4.78 is 41.5. The Kier molecular flexibility index (Phi) is 23.4. The predicted octanol–water partition coefficient (Wildman–Crippen LogP) is -16.4. The van der Waals surface area contributed by atoms with Gasteiger partial charge < -0.3 is 140 Å². The van der Waals surface area contributed by atoms with E-state index in [1.807, 2.05) is 0 Å². The van der Waals surface area contributed by atoms with Crippen LogP contribution < -0.4 is 88.3 Å². The number of ether oxygens (including phenoxy) is 8. The average Bonchev–Trinajstić information content (AvgIpc) is 3.31. The summed E-state index contributed by atoms with van der Waals surface area (Å²) in [5, 5.41) is 201. The molecular weight excluding hydrogens is 982 g/mol. The SMILES string of the molecule is O=C(O)c1cc(OC2O[C@H](CO)[C@@H](O)[C@H](O)[C@H]2O)c([O-])c(OC2O[C@H](CO)[C@@H](O)[C@H](O)[C@H]2O)c1.O=C(O)c1cc(OC2O[C@H](CO)[C@@H](O)[C@H](O)[C@H]2O)c([O-])c(OC2O[C@H](CO)[C@@H](O)[C@H](O)[C@H]2O)c1.[Na+].[Na+]. The van der Waals surface area contributed by atoms with E-state index in [4.69, 9.17) is 37.9 Å². The van der Waals surface area contributed by atoms with Crippen molar-refractivity contribution in [3.05, 3.63) is 35.4 Å². The molecule has 0 aromatic heterocycles. The first-order valence-corrected chi connectivity index (χ1v) is 20.0. The molecule has 2 aromatic carbocycles. The van der Waals surface area contributed by atoms with Gasteiger partial charge in [0.1, 0.15) is 121 Å². The van der Waals surface area contributed by atoms with Crippen LogP contribution in [-0.2, 0) is 18.9 Å². The molecule has 4 fully saturated rings. The van der Waals surface area contributed by atoms with E-state index in [9.17, 15) is 112 Å². The van der Waals surface area contributed by atoms with Crippen LogP contribution >= 0.6 is 0 Å². The molecule has 4 aliphatic heterocycles. The van der Waals surface area contributed by atoms with Crippen LogP contribution in [-0.4, -0.2) is 253 Å². The largest absolute Gasteiger partial charge is 1.00 e. The number of aromatic carboxylic acids is 2. The van der Waals surface area contributed by atoms with E-state index in [2.05, 4.69) is 0 Å². The zero-order valence-corrected chi connectivity index (χ0v) is 40.6. The minimum absolute atomic E-state index is 0. The second-order valence-electron chi connectivity index (χ2n) is 15.5. The number of hydrogen-bond acceptors (Lipinski definition) is 28. The molecule has 18 N–H and O–H groups in total. The number of aliphatic hydroxyl groups is 16. The smallest absolute Gasteiger partial charge is 0.867 e. The Morgan fingerprint density at radius 3 is 0.729 bits per heavy atom. The van der Waals surface area contributed by atoms with Crippen LogP contribution in [0, 0.1) is 0 Å². The van der Waals surface area contributed by atoms with Crippen molar-refractivity contribution in [1.29, 1.82) is 0 Å². The molecule has 2 aromatic rings. The molecule has 70 heavy (non-hydrogen) atoms. The van der Waals surface area contributed by atoms with E-state index >= 15 is 0 Å². The van der Waals surface area contributed by atoms with Crippen LogP contribution in [0.25, 0.3) is 0 Å². The minimum Gasteiger partial charge on any atom is -0.867 e. The van der Waals surface area contributed by atoms with Crippen LogP contribution in [0.3, 0.4) is 0 Å². The third-order valence-electron chi connectivity index (χ3n) is 10.9. The number of carboxylic acids is 2. The second-order valence-corrected chi connectivity index (χ2v) is 15.5. The van der Waals surface area contributed by atoms with Gasteiger partial charge in [-0.1, -0.05) is 0 Å². The summed E-state index contributed by atoms with van der Waals surface area (Å²) >= 11 is 0. The van der Waals surface area contributed by atoms with Gasteiger partial charge in [0, 0.05) is 0 Å². The van der Waals surface area contributed by atoms with Crippen molar-refractivity contribution in [2.45, 2.75) is 123 Å². The van der Waals surface area contributed by atoms with E-state index in [0.29, 0.717) is 0 Å². The number of carboxylic acid groups (broad SMARTS) is 2. The Balaban J connectivity index is 0.000000360. The van der Waals surface area contributed by atoms with E-state index in [-0.39, 0.29) is 59.1 Å². The van der Waals surface area contributed by atoms with E-state index in [1.54, 1.807) is 0 Å². The molecule has 0 radical (unpaired) electrons. The summed E-state index contributed by atoms with van der Waals surface area (Å²) in [4.78, 5) is 23.1. The standard InChI is InChI=1S/2C19H26O15.2Na/c2*20-3-8-11(23)13(25)15(27)18(33-8)31-6-1-5(17(29)30)2-7(10(6)22)32-19-16(28)14(26)12(24)9(4-21)34-19;;/h2*1-2,8-9,11-16,18-28H,3-4H2,(H,29,30);;/q;;2*+1/p-2/t2*8-,9-,11-,12-,13+,14+,15-,16-,18?,19?;;/m11../s1. The molecule has 30 nitrogen and oxygen atoms in total. The molecule has 4 aliphatic rings. The molecule has 0 spiro atoms. The van der Waals surface area contributed by atoms with Gasteiger partial charge in [-0.05, 0) is 35.8 Å². The maximum absolute atomic E-state index is 12.9. The summed E-state index contributed by atoms with van der Waals surface area (Å²) in [7, 11) is 0. The summed E-state index contributed by atoms with van der Waals surface area (Å²) in [5.41, 5.74) is -1.11. The molecule has 4 saturated heterocycles. The van der Waals surface area contributed by atoms with Crippen LogP contribution in [0.5, 0.6) is 34.5 Å². The summed E-state index contributed by atoms with van der Waals surface area (Å²) in [6.07, 6.45) is -34.5. The molecule has 4 heterocycles. The molecule has 20 atom stereocenters. The van der Waals surface area contributed by atoms with Gasteiger partial charge in [-0.25, -0.2) is 9.59 Å². The molecule has 0 bridgehead atoms. The van der Waals surface area contributed by atoms with E-state index in [1.165, 1.54) is 0 Å². The van der Waals surface area contributed by atoms with Crippen molar-refractivity contribution in [2.24, 2.45) is 0 Å². The predicted molar refractivity (Wildman–Crippen MR) is 203 cm³/mol. The topological polar surface area (TPSA) is 518 Å². The molecule has 384 valence electrons. The van der Waals surface area contributed by atoms with Gasteiger partial charge in [0.2, 0.25) is 25.2 Å². The van der Waals surface area contributed by atoms with Crippen molar-refractivity contribution in [3.8, 4) is 34.5 Å². The van der Waals surface area contributed by atoms with Crippen molar-refractivity contribution < 1.29 is 209 Å².